The van der Waals surface area contributed by atoms with Crippen molar-refractivity contribution in [3.63, 3.8) is 0 Å². The van der Waals surface area contributed by atoms with E-state index in [9.17, 15) is 14.2 Å². The summed E-state index contributed by atoms with van der Waals surface area (Å²) < 4.78 is 21.1. The lowest BCUT2D eigenvalue weighted by Crippen LogP contribution is -2.27. The lowest BCUT2D eigenvalue weighted by molar-refractivity contribution is -0.143. The highest BCUT2D eigenvalue weighted by molar-refractivity contribution is 7.25. The van der Waals surface area contributed by atoms with E-state index in [-0.39, 0.29) is 39.2 Å². The number of hydrogen-bond donors (Lipinski definition) is 0. The van der Waals surface area contributed by atoms with Crippen molar-refractivity contribution in [3.8, 4) is 0 Å². The molecule has 0 spiro atoms. The summed E-state index contributed by atoms with van der Waals surface area (Å²) in [5.74, 6) is -0.519. The van der Waals surface area contributed by atoms with Gasteiger partial charge in [-0.05, 0) is 46.5 Å². The second-order valence-corrected chi connectivity index (χ2v) is 6.46. The van der Waals surface area contributed by atoms with E-state index in [2.05, 4.69) is 0 Å². The molecule has 0 atom stereocenters. The normalized spacial score (nSPS) is 11.7. The van der Waals surface area contributed by atoms with Gasteiger partial charge in [-0.1, -0.05) is 0 Å². The molecule has 20 heavy (non-hydrogen) atoms. The van der Waals surface area contributed by atoms with Gasteiger partial charge in [-0.25, -0.2) is 0 Å². The number of carbonyl (C=O) groups excluding carboxylic acids is 2. The molecule has 0 aliphatic rings. The van der Waals surface area contributed by atoms with Crippen molar-refractivity contribution in [1.82, 2.24) is 0 Å². The van der Waals surface area contributed by atoms with Crippen LogP contribution in [-0.4, -0.2) is 30.3 Å². The van der Waals surface area contributed by atoms with Crippen LogP contribution in [0.3, 0.4) is 0 Å². The zero-order valence-corrected chi connectivity index (χ0v) is 13.7. The van der Waals surface area contributed by atoms with Crippen LogP contribution in [0.5, 0.6) is 0 Å². The van der Waals surface area contributed by atoms with Crippen molar-refractivity contribution in [2.45, 2.75) is 58.5 Å². The zero-order valence-electron chi connectivity index (χ0n) is 12.8. The van der Waals surface area contributed by atoms with E-state index in [1.165, 1.54) is 0 Å². The van der Waals surface area contributed by atoms with Crippen molar-refractivity contribution < 1.29 is 23.6 Å². The number of hydrogen-bond acceptors (Lipinski definition) is 5. The Hall–Kier alpha value is -0.960. The van der Waals surface area contributed by atoms with Crippen LogP contribution in [0.1, 0.15) is 53.4 Å². The van der Waals surface area contributed by atoms with Gasteiger partial charge in [0.2, 0.25) is 0 Å². The van der Waals surface area contributed by atoms with Crippen LogP contribution in [0.15, 0.2) is 0 Å². The number of ether oxygens (including phenoxy) is 2. The molecule has 0 heterocycles. The van der Waals surface area contributed by atoms with E-state index in [1.807, 2.05) is 13.8 Å². The van der Waals surface area contributed by atoms with Crippen molar-refractivity contribution in [1.29, 1.82) is 0 Å². The van der Waals surface area contributed by atoms with Gasteiger partial charge in [0.15, 0.2) is 8.46 Å². The molecule has 6 heteroatoms. The first-order valence-electron chi connectivity index (χ1n) is 7.03. The first-order valence-corrected chi connectivity index (χ1v) is 7.84. The summed E-state index contributed by atoms with van der Waals surface area (Å²) in [6.45, 7) is 7.96. The van der Waals surface area contributed by atoms with Gasteiger partial charge < -0.3 is 9.47 Å². The van der Waals surface area contributed by atoms with Crippen LogP contribution in [0.4, 0.5) is 0 Å². The minimum absolute atomic E-state index is 0.00419. The highest BCUT2D eigenvalue weighted by atomic mass is 31.1. The molecule has 0 N–H and O–H groups in total. The number of carbonyl (C=O) groups is 2. The summed E-state index contributed by atoms with van der Waals surface area (Å²) in [7, 11) is 0.0151. The zero-order chi connectivity index (χ0) is 15.6. The van der Waals surface area contributed by atoms with E-state index >= 15 is 0 Å². The lowest BCUT2D eigenvalue weighted by atomic mass is 9.86. The minimum atomic E-state index is -0.473. The Bertz CT molecular complexity index is 306. The van der Waals surface area contributed by atoms with Gasteiger partial charge in [-0.15, -0.1) is 0 Å². The summed E-state index contributed by atoms with van der Waals surface area (Å²) in [4.78, 5) is 22.8. The Morgan fingerprint density at radius 2 is 1.40 bits per heavy atom. The molecule has 0 aliphatic heterocycles. The first kappa shape index (κ1) is 19.0. The Morgan fingerprint density at radius 3 is 1.70 bits per heavy atom. The van der Waals surface area contributed by atoms with Crippen LogP contribution >= 0.6 is 8.46 Å². The molecular formula is C14H25O5P. The highest BCUT2D eigenvalue weighted by Gasteiger charge is 2.31. The van der Waals surface area contributed by atoms with Crippen molar-refractivity contribution in [2.75, 3.05) is 13.2 Å². The Balaban J connectivity index is 4.46. The van der Waals surface area contributed by atoms with Crippen molar-refractivity contribution in [3.05, 3.63) is 0 Å². The molecule has 0 fully saturated rings. The van der Waals surface area contributed by atoms with Crippen LogP contribution in [-0.2, 0) is 23.6 Å². The molecule has 5 nitrogen and oxygen atoms in total. The quantitative estimate of drug-likeness (QED) is 0.457. The third kappa shape index (κ3) is 7.59. The average molecular weight is 304 g/mol. The molecule has 0 saturated carbocycles. The summed E-state index contributed by atoms with van der Waals surface area (Å²) in [6, 6.07) is 0. The van der Waals surface area contributed by atoms with E-state index in [1.54, 1.807) is 13.8 Å². The third-order valence-electron chi connectivity index (χ3n) is 3.24. The summed E-state index contributed by atoms with van der Waals surface area (Å²) in [6.07, 6.45) is 1.67. The Kier molecular flexibility index (Phi) is 9.39. The minimum Gasteiger partial charge on any atom is -0.466 e. The molecular weight excluding hydrogens is 279 g/mol. The molecule has 0 unspecified atom stereocenters. The molecule has 0 aromatic heterocycles. The molecule has 0 radical (unpaired) electrons. The number of esters is 2. The highest BCUT2D eigenvalue weighted by Crippen LogP contribution is 2.37. The lowest BCUT2D eigenvalue weighted by Gasteiger charge is -2.27. The van der Waals surface area contributed by atoms with Crippen molar-refractivity contribution >= 4 is 20.4 Å². The standard InChI is InChI=1S/C14H25O5P/c1-5-18-12(15)9-7-11(14(3,4)20-17)8-10-13(16)19-6-2/h11H,5-10H2,1-4H3. The van der Waals surface area contributed by atoms with Gasteiger partial charge in [0.25, 0.3) is 0 Å². The Morgan fingerprint density at radius 1 is 1.00 bits per heavy atom. The van der Waals surface area contributed by atoms with Crippen LogP contribution in [0, 0.1) is 5.92 Å². The number of rotatable bonds is 10. The van der Waals surface area contributed by atoms with Crippen LogP contribution in [0.2, 0.25) is 0 Å². The SMILES string of the molecule is CCOC(=O)CCC(CCC(=O)OCC)C(C)(C)P=O. The summed E-state index contributed by atoms with van der Waals surface area (Å²) in [5.41, 5.74) is 0. The maximum Gasteiger partial charge on any atom is 0.305 e. The second-order valence-electron chi connectivity index (χ2n) is 5.13. The fourth-order valence-corrected chi connectivity index (χ4v) is 2.38. The maximum atomic E-state index is 11.4. The van der Waals surface area contributed by atoms with Gasteiger partial charge in [-0.2, -0.15) is 0 Å². The monoisotopic (exact) mass is 304 g/mol. The predicted octanol–water partition coefficient (Wildman–Crippen LogP) is 3.36. The largest absolute Gasteiger partial charge is 0.466 e. The van der Waals surface area contributed by atoms with Gasteiger partial charge in [0.1, 0.15) is 0 Å². The maximum absolute atomic E-state index is 11.4. The topological polar surface area (TPSA) is 69.7 Å². The van der Waals surface area contributed by atoms with E-state index in [0.29, 0.717) is 26.1 Å². The van der Waals surface area contributed by atoms with Crippen LogP contribution in [0.25, 0.3) is 0 Å². The fraction of sp³-hybridized carbons (Fsp3) is 0.857. The van der Waals surface area contributed by atoms with E-state index in [4.69, 9.17) is 9.47 Å². The molecule has 0 rings (SSSR count). The Labute approximate surface area is 122 Å². The van der Waals surface area contributed by atoms with Gasteiger partial charge >= 0.3 is 11.9 Å². The molecule has 0 aromatic carbocycles. The molecule has 0 aromatic rings. The van der Waals surface area contributed by atoms with E-state index in [0.717, 1.165) is 0 Å². The second kappa shape index (κ2) is 9.87. The third-order valence-corrected chi connectivity index (χ3v) is 4.07. The smallest absolute Gasteiger partial charge is 0.305 e. The fourth-order valence-electron chi connectivity index (χ4n) is 1.98. The molecule has 0 saturated heterocycles. The van der Waals surface area contributed by atoms with Gasteiger partial charge in [0.05, 0.1) is 13.2 Å². The van der Waals surface area contributed by atoms with Gasteiger partial charge in [0, 0.05) is 18.0 Å². The molecule has 116 valence electrons. The van der Waals surface area contributed by atoms with E-state index < -0.39 is 5.16 Å². The average Bonchev–Trinajstić information content (AvgIpc) is 2.39. The van der Waals surface area contributed by atoms with Crippen molar-refractivity contribution in [2.24, 2.45) is 5.92 Å². The summed E-state index contributed by atoms with van der Waals surface area (Å²) >= 11 is 0. The summed E-state index contributed by atoms with van der Waals surface area (Å²) in [5, 5.41) is -0.473. The molecule has 0 aliphatic carbocycles. The molecule has 0 amide bonds. The first-order chi connectivity index (χ1) is 9.37. The predicted molar refractivity (Wildman–Crippen MR) is 76.9 cm³/mol. The van der Waals surface area contributed by atoms with Crippen LogP contribution < -0.4 is 0 Å². The molecule has 0 bridgehead atoms. The van der Waals surface area contributed by atoms with Gasteiger partial charge in [-0.3, -0.25) is 14.2 Å².